The van der Waals surface area contributed by atoms with Crippen molar-refractivity contribution < 1.29 is 14.3 Å². The van der Waals surface area contributed by atoms with Crippen LogP contribution in [0.5, 0.6) is 0 Å². The molecular formula is C16H17N3O4. The van der Waals surface area contributed by atoms with Crippen LogP contribution in [0.4, 0.5) is 0 Å². The first-order valence-corrected chi connectivity index (χ1v) is 7.50. The maximum absolute atomic E-state index is 12.1. The fraction of sp³-hybridized carbons (Fsp3) is 0.375. The Morgan fingerprint density at radius 3 is 2.74 bits per heavy atom. The number of ether oxygens (including phenoxy) is 1. The van der Waals surface area contributed by atoms with E-state index in [0.29, 0.717) is 16.7 Å². The number of carbonyl (C=O) groups excluding carboxylic acids is 2. The van der Waals surface area contributed by atoms with E-state index in [9.17, 15) is 14.4 Å². The summed E-state index contributed by atoms with van der Waals surface area (Å²) in [5.41, 5.74) is -0.392. The summed E-state index contributed by atoms with van der Waals surface area (Å²) in [5, 5.41) is 9.54. The number of fused-ring (bicyclic) bond motifs is 1. The van der Waals surface area contributed by atoms with Crippen LogP contribution in [0.3, 0.4) is 0 Å². The average molecular weight is 315 g/mol. The highest BCUT2D eigenvalue weighted by Crippen LogP contribution is 2.32. The molecule has 0 unspecified atom stereocenters. The molecule has 2 aromatic rings. The lowest BCUT2D eigenvalue weighted by Gasteiger charge is -2.12. The Balaban J connectivity index is 1.67. The molecule has 0 saturated heterocycles. The normalized spacial score (nSPS) is 15.2. The lowest BCUT2D eigenvalue weighted by atomic mass is 10.1. The van der Waals surface area contributed by atoms with Gasteiger partial charge in [-0.1, -0.05) is 18.2 Å². The topological polar surface area (TPSA) is 101 Å². The molecule has 2 N–H and O–H groups in total. The first-order valence-electron chi connectivity index (χ1n) is 7.50. The van der Waals surface area contributed by atoms with E-state index in [1.807, 2.05) is 6.92 Å². The van der Waals surface area contributed by atoms with Gasteiger partial charge >= 0.3 is 5.97 Å². The summed E-state index contributed by atoms with van der Waals surface area (Å²) in [4.78, 5) is 35.6. The van der Waals surface area contributed by atoms with Crippen LogP contribution >= 0.6 is 0 Å². The number of aromatic amines is 1. The molecule has 7 heteroatoms. The molecule has 1 aromatic heterocycles. The number of nitrogens with one attached hydrogen (secondary N) is 2. The first-order chi connectivity index (χ1) is 11.1. The standard InChI is InChI=1S/C16H17N3O4/c1-9(10-6-7-10)17-13(20)8-23-16(22)14-11-4-2-3-5-12(11)15(21)19-18-14/h2-5,9-10H,6-8H2,1H3,(H,17,20)(H,19,21)/t9-/m0/s1. The van der Waals surface area contributed by atoms with Crippen molar-refractivity contribution in [1.29, 1.82) is 0 Å². The van der Waals surface area contributed by atoms with E-state index >= 15 is 0 Å². The predicted molar refractivity (Wildman–Crippen MR) is 83.0 cm³/mol. The minimum atomic E-state index is -0.744. The molecular weight excluding hydrogens is 298 g/mol. The molecule has 0 spiro atoms. The summed E-state index contributed by atoms with van der Waals surface area (Å²) in [5.74, 6) is -0.558. The van der Waals surface area contributed by atoms with Crippen molar-refractivity contribution in [1.82, 2.24) is 15.5 Å². The van der Waals surface area contributed by atoms with Gasteiger partial charge in [0.2, 0.25) is 0 Å². The van der Waals surface area contributed by atoms with Gasteiger partial charge in [0.25, 0.3) is 11.5 Å². The van der Waals surface area contributed by atoms with Gasteiger partial charge in [0.1, 0.15) is 0 Å². The van der Waals surface area contributed by atoms with E-state index in [-0.39, 0.29) is 29.8 Å². The number of nitrogens with zero attached hydrogens (tertiary/aromatic N) is 1. The Morgan fingerprint density at radius 2 is 2.04 bits per heavy atom. The van der Waals surface area contributed by atoms with Gasteiger partial charge in [-0.2, -0.15) is 5.10 Å². The number of hydrogen-bond donors (Lipinski definition) is 2. The molecule has 1 saturated carbocycles. The van der Waals surface area contributed by atoms with Gasteiger partial charge in [-0.05, 0) is 31.7 Å². The second-order valence-corrected chi connectivity index (χ2v) is 5.72. The molecule has 1 aliphatic rings. The number of H-pyrrole nitrogens is 1. The molecule has 0 aliphatic heterocycles. The summed E-state index contributed by atoms with van der Waals surface area (Å²) >= 11 is 0. The molecule has 1 aliphatic carbocycles. The van der Waals surface area contributed by atoms with Crippen LogP contribution in [0.25, 0.3) is 10.8 Å². The molecule has 0 bridgehead atoms. The third-order valence-corrected chi connectivity index (χ3v) is 3.94. The van der Waals surface area contributed by atoms with Crippen LogP contribution in [0.15, 0.2) is 29.1 Å². The fourth-order valence-electron chi connectivity index (χ4n) is 2.48. The predicted octanol–water partition coefficient (Wildman–Crippen LogP) is 0.995. The van der Waals surface area contributed by atoms with Crippen LogP contribution in [0.2, 0.25) is 0 Å². The molecule has 0 radical (unpaired) electrons. The number of amides is 1. The lowest BCUT2D eigenvalue weighted by Crippen LogP contribution is -2.37. The fourth-order valence-corrected chi connectivity index (χ4v) is 2.48. The Bertz CT molecular complexity index is 810. The number of hydrogen-bond acceptors (Lipinski definition) is 5. The molecule has 1 fully saturated rings. The number of esters is 1. The zero-order valence-corrected chi connectivity index (χ0v) is 12.7. The summed E-state index contributed by atoms with van der Waals surface area (Å²) in [7, 11) is 0. The van der Waals surface area contributed by atoms with Crippen molar-refractivity contribution in [2.75, 3.05) is 6.61 Å². The Hall–Kier alpha value is -2.70. The van der Waals surface area contributed by atoms with E-state index in [2.05, 4.69) is 15.5 Å². The number of aromatic nitrogens is 2. The van der Waals surface area contributed by atoms with Gasteiger partial charge in [0.05, 0.1) is 5.39 Å². The van der Waals surface area contributed by atoms with Crippen LogP contribution < -0.4 is 10.9 Å². The van der Waals surface area contributed by atoms with Gasteiger partial charge in [-0.15, -0.1) is 0 Å². The highest BCUT2D eigenvalue weighted by molar-refractivity contribution is 6.02. The quantitative estimate of drug-likeness (QED) is 0.801. The molecule has 23 heavy (non-hydrogen) atoms. The second-order valence-electron chi connectivity index (χ2n) is 5.72. The Labute approximate surface area is 132 Å². The van der Waals surface area contributed by atoms with E-state index in [0.717, 1.165) is 12.8 Å². The first kappa shape index (κ1) is 15.2. The van der Waals surface area contributed by atoms with Gasteiger partial charge in [-0.25, -0.2) is 9.89 Å². The molecule has 1 aromatic carbocycles. The molecule has 7 nitrogen and oxygen atoms in total. The van der Waals surface area contributed by atoms with Crippen molar-refractivity contribution in [2.45, 2.75) is 25.8 Å². The van der Waals surface area contributed by atoms with E-state index in [1.54, 1.807) is 24.3 Å². The summed E-state index contributed by atoms with van der Waals surface area (Å²) in [6, 6.07) is 6.69. The van der Waals surface area contributed by atoms with Crippen molar-refractivity contribution in [3.05, 3.63) is 40.3 Å². The lowest BCUT2D eigenvalue weighted by molar-refractivity contribution is -0.125. The molecule has 1 atom stereocenters. The van der Waals surface area contributed by atoms with E-state index < -0.39 is 5.97 Å². The van der Waals surface area contributed by atoms with Crippen molar-refractivity contribution in [2.24, 2.45) is 5.92 Å². The molecule has 120 valence electrons. The second kappa shape index (κ2) is 6.20. The highest BCUT2D eigenvalue weighted by Gasteiger charge is 2.29. The van der Waals surface area contributed by atoms with Crippen molar-refractivity contribution in [3.63, 3.8) is 0 Å². The van der Waals surface area contributed by atoms with Gasteiger partial charge in [0, 0.05) is 11.4 Å². The largest absolute Gasteiger partial charge is 0.451 e. The monoisotopic (exact) mass is 315 g/mol. The van der Waals surface area contributed by atoms with E-state index in [4.69, 9.17) is 4.74 Å². The number of carbonyl (C=O) groups is 2. The Kier molecular flexibility index (Phi) is 4.10. The summed E-state index contributed by atoms with van der Waals surface area (Å²) < 4.78 is 5.00. The molecule has 3 rings (SSSR count). The van der Waals surface area contributed by atoms with Crippen LogP contribution in [0, 0.1) is 5.92 Å². The van der Waals surface area contributed by atoms with Crippen LogP contribution in [-0.2, 0) is 9.53 Å². The van der Waals surface area contributed by atoms with Gasteiger partial charge < -0.3 is 10.1 Å². The van der Waals surface area contributed by atoms with E-state index in [1.165, 1.54) is 0 Å². The van der Waals surface area contributed by atoms with Crippen LogP contribution in [-0.4, -0.2) is 34.7 Å². The molecule has 1 amide bonds. The third-order valence-electron chi connectivity index (χ3n) is 3.94. The highest BCUT2D eigenvalue weighted by atomic mass is 16.5. The summed E-state index contributed by atoms with van der Waals surface area (Å²) in [6.07, 6.45) is 2.24. The minimum absolute atomic E-state index is 0.0109. The minimum Gasteiger partial charge on any atom is -0.451 e. The van der Waals surface area contributed by atoms with Crippen molar-refractivity contribution in [3.8, 4) is 0 Å². The summed E-state index contributed by atoms with van der Waals surface area (Å²) in [6.45, 7) is 1.57. The number of rotatable bonds is 5. The number of benzene rings is 1. The zero-order chi connectivity index (χ0) is 16.4. The third kappa shape index (κ3) is 3.39. The van der Waals surface area contributed by atoms with Crippen LogP contribution in [0.1, 0.15) is 30.3 Å². The Morgan fingerprint density at radius 1 is 1.35 bits per heavy atom. The van der Waals surface area contributed by atoms with Gasteiger partial charge in [0.15, 0.2) is 12.3 Å². The smallest absolute Gasteiger partial charge is 0.359 e. The van der Waals surface area contributed by atoms with Crippen molar-refractivity contribution >= 4 is 22.6 Å². The average Bonchev–Trinajstić information content (AvgIpc) is 3.38. The maximum atomic E-state index is 12.1. The molecule has 1 heterocycles. The zero-order valence-electron chi connectivity index (χ0n) is 12.7. The SMILES string of the molecule is C[C@H](NC(=O)COC(=O)c1n[nH]c(=O)c2ccccc12)C1CC1. The van der Waals surface area contributed by atoms with Gasteiger partial charge in [-0.3, -0.25) is 9.59 Å². The maximum Gasteiger partial charge on any atom is 0.359 e.